The van der Waals surface area contributed by atoms with Crippen LogP contribution in [0.25, 0.3) is 0 Å². The molecule has 0 bridgehead atoms. The van der Waals surface area contributed by atoms with Gasteiger partial charge in [-0.2, -0.15) is 0 Å². The second-order valence-corrected chi connectivity index (χ2v) is 7.95. The number of carbonyl (C=O) groups excluding carboxylic acids is 1. The van der Waals surface area contributed by atoms with Crippen molar-refractivity contribution in [2.45, 2.75) is 51.7 Å². The molecule has 1 aromatic heterocycles. The van der Waals surface area contributed by atoms with Crippen LogP contribution in [0.2, 0.25) is 0 Å². The first-order valence-corrected chi connectivity index (χ1v) is 8.61. The summed E-state index contributed by atoms with van der Waals surface area (Å²) in [5.74, 6) is 0.0749. The van der Waals surface area contributed by atoms with Crippen LogP contribution in [-0.4, -0.2) is 52.8 Å². The van der Waals surface area contributed by atoms with E-state index in [-0.39, 0.29) is 23.0 Å². The normalized spacial score (nSPS) is 30.4. The Hall–Kier alpha value is -0.980. The molecule has 2 aliphatic rings. The molecule has 2 heterocycles. The fourth-order valence-corrected chi connectivity index (χ4v) is 5.01. The lowest BCUT2D eigenvalue weighted by Gasteiger charge is -2.62. The Balaban J connectivity index is 1.72. The van der Waals surface area contributed by atoms with Gasteiger partial charge in [0.25, 0.3) is 5.91 Å². The molecule has 22 heavy (non-hydrogen) atoms. The summed E-state index contributed by atoms with van der Waals surface area (Å²) in [6.45, 7) is 7.23. The first-order valence-electron chi connectivity index (χ1n) is 7.79. The highest BCUT2D eigenvalue weighted by Crippen LogP contribution is 2.58. The number of thiazole rings is 1. The van der Waals surface area contributed by atoms with Gasteiger partial charge in [-0.05, 0) is 33.6 Å². The number of nitrogens with zero attached hydrogens (tertiary/aromatic N) is 2. The SMILES string of the molecule is COC1(C)CC(O)C12CCN(C(=O)c1sc(C)nc1C)CC2. The molecule has 1 aromatic rings. The molecule has 1 amide bonds. The summed E-state index contributed by atoms with van der Waals surface area (Å²) in [6, 6.07) is 0. The van der Waals surface area contributed by atoms with E-state index in [1.54, 1.807) is 7.11 Å². The minimum Gasteiger partial charge on any atom is -0.392 e. The lowest BCUT2D eigenvalue weighted by molar-refractivity contribution is -0.259. The maximum atomic E-state index is 12.7. The van der Waals surface area contributed by atoms with Crippen LogP contribution in [0.15, 0.2) is 0 Å². The Morgan fingerprint density at radius 2 is 2.05 bits per heavy atom. The van der Waals surface area contributed by atoms with E-state index in [4.69, 9.17) is 4.74 Å². The highest BCUT2D eigenvalue weighted by molar-refractivity contribution is 7.13. The van der Waals surface area contributed by atoms with Gasteiger partial charge in [0.2, 0.25) is 0 Å². The van der Waals surface area contributed by atoms with E-state index < -0.39 is 0 Å². The number of aryl methyl sites for hydroxylation is 2. The zero-order valence-corrected chi connectivity index (χ0v) is 14.5. The van der Waals surface area contributed by atoms with Crippen molar-refractivity contribution < 1.29 is 14.6 Å². The van der Waals surface area contributed by atoms with E-state index in [0.29, 0.717) is 19.5 Å². The van der Waals surface area contributed by atoms with Crippen molar-refractivity contribution in [1.29, 1.82) is 0 Å². The van der Waals surface area contributed by atoms with Gasteiger partial charge in [0, 0.05) is 32.0 Å². The van der Waals surface area contributed by atoms with Crippen LogP contribution in [0.4, 0.5) is 0 Å². The van der Waals surface area contributed by atoms with E-state index in [1.807, 2.05) is 18.7 Å². The van der Waals surface area contributed by atoms with Gasteiger partial charge in [-0.25, -0.2) is 4.98 Å². The molecular formula is C16H24N2O3S. The fourth-order valence-electron chi connectivity index (χ4n) is 4.12. The number of piperidine rings is 1. The van der Waals surface area contributed by atoms with Gasteiger partial charge in [0.05, 0.1) is 22.4 Å². The summed E-state index contributed by atoms with van der Waals surface area (Å²) >= 11 is 1.46. The molecular weight excluding hydrogens is 300 g/mol. The third-order valence-corrected chi connectivity index (χ3v) is 6.83. The third kappa shape index (κ3) is 2.12. The van der Waals surface area contributed by atoms with Gasteiger partial charge in [-0.15, -0.1) is 11.3 Å². The standard InChI is InChI=1S/C16H24N2O3S/c1-10-13(22-11(2)17-10)14(20)18-7-5-16(6-8-18)12(19)9-15(16,3)21-4/h12,19H,5-9H2,1-4H3. The van der Waals surface area contributed by atoms with Crippen LogP contribution in [-0.2, 0) is 4.74 Å². The number of methoxy groups -OCH3 is 1. The molecule has 1 saturated heterocycles. The van der Waals surface area contributed by atoms with Crippen molar-refractivity contribution in [1.82, 2.24) is 9.88 Å². The second kappa shape index (κ2) is 5.28. The molecule has 1 N–H and O–H groups in total. The predicted molar refractivity (Wildman–Crippen MR) is 85.2 cm³/mol. The summed E-state index contributed by atoms with van der Waals surface area (Å²) in [6.07, 6.45) is 1.95. The maximum Gasteiger partial charge on any atom is 0.265 e. The number of likely N-dealkylation sites (tertiary alicyclic amines) is 1. The van der Waals surface area contributed by atoms with Crippen molar-refractivity contribution in [3.05, 3.63) is 15.6 Å². The number of rotatable bonds is 2. The Morgan fingerprint density at radius 3 is 2.50 bits per heavy atom. The number of carbonyl (C=O) groups is 1. The topological polar surface area (TPSA) is 62.7 Å². The van der Waals surface area contributed by atoms with Crippen molar-refractivity contribution in [3.8, 4) is 0 Å². The van der Waals surface area contributed by atoms with Gasteiger partial charge in [-0.3, -0.25) is 4.79 Å². The number of amides is 1. The van der Waals surface area contributed by atoms with E-state index in [2.05, 4.69) is 11.9 Å². The molecule has 2 fully saturated rings. The number of aliphatic hydroxyl groups is 1. The van der Waals surface area contributed by atoms with E-state index in [9.17, 15) is 9.90 Å². The Kier molecular flexibility index (Phi) is 3.82. The fraction of sp³-hybridized carbons (Fsp3) is 0.750. The number of ether oxygens (including phenoxy) is 1. The summed E-state index contributed by atoms with van der Waals surface area (Å²) in [7, 11) is 1.72. The molecule has 0 aromatic carbocycles. The minimum absolute atomic E-state index is 0.0749. The number of hydrogen-bond donors (Lipinski definition) is 1. The van der Waals surface area contributed by atoms with Crippen LogP contribution in [0, 0.1) is 19.3 Å². The minimum atomic E-state index is -0.318. The summed E-state index contributed by atoms with van der Waals surface area (Å²) < 4.78 is 5.67. The monoisotopic (exact) mass is 324 g/mol. The smallest absolute Gasteiger partial charge is 0.265 e. The van der Waals surface area contributed by atoms with Crippen LogP contribution >= 0.6 is 11.3 Å². The molecule has 6 heteroatoms. The van der Waals surface area contributed by atoms with Crippen LogP contribution in [0.5, 0.6) is 0 Å². The van der Waals surface area contributed by atoms with E-state index >= 15 is 0 Å². The molecule has 5 nitrogen and oxygen atoms in total. The first-order chi connectivity index (χ1) is 10.3. The van der Waals surface area contributed by atoms with Crippen molar-refractivity contribution in [3.63, 3.8) is 0 Å². The van der Waals surface area contributed by atoms with Crippen LogP contribution in [0.1, 0.15) is 46.6 Å². The van der Waals surface area contributed by atoms with Crippen LogP contribution < -0.4 is 0 Å². The average molecular weight is 324 g/mol. The Bertz CT molecular complexity index is 592. The third-order valence-electron chi connectivity index (χ3n) is 5.77. The van der Waals surface area contributed by atoms with E-state index in [0.717, 1.165) is 28.4 Å². The van der Waals surface area contributed by atoms with Crippen molar-refractivity contribution >= 4 is 17.2 Å². The lowest BCUT2D eigenvalue weighted by atomic mass is 9.51. The molecule has 3 rings (SSSR count). The number of hydrogen-bond acceptors (Lipinski definition) is 5. The molecule has 1 saturated carbocycles. The molecule has 122 valence electrons. The van der Waals surface area contributed by atoms with Crippen molar-refractivity contribution in [2.75, 3.05) is 20.2 Å². The number of aromatic nitrogens is 1. The number of aliphatic hydroxyl groups excluding tert-OH is 1. The highest BCUT2D eigenvalue weighted by Gasteiger charge is 2.63. The average Bonchev–Trinajstić information content (AvgIpc) is 2.85. The van der Waals surface area contributed by atoms with E-state index in [1.165, 1.54) is 11.3 Å². The molecule has 2 unspecified atom stereocenters. The molecule has 2 atom stereocenters. The second-order valence-electron chi connectivity index (χ2n) is 6.75. The predicted octanol–water partition coefficient (Wildman–Crippen LogP) is 2.15. The maximum absolute atomic E-state index is 12.7. The lowest BCUT2D eigenvalue weighted by Crippen LogP contribution is -2.69. The van der Waals surface area contributed by atoms with Gasteiger partial charge in [0.1, 0.15) is 4.88 Å². The highest BCUT2D eigenvalue weighted by atomic mass is 32.1. The molecule has 1 spiro atoms. The zero-order chi connectivity index (χ0) is 16.1. The quantitative estimate of drug-likeness (QED) is 0.905. The van der Waals surface area contributed by atoms with Gasteiger partial charge >= 0.3 is 0 Å². The first kappa shape index (κ1) is 15.9. The zero-order valence-electron chi connectivity index (χ0n) is 13.7. The van der Waals surface area contributed by atoms with Gasteiger partial charge < -0.3 is 14.7 Å². The molecule has 1 aliphatic heterocycles. The molecule has 0 radical (unpaired) electrons. The van der Waals surface area contributed by atoms with Crippen LogP contribution in [0.3, 0.4) is 0 Å². The Morgan fingerprint density at radius 1 is 1.41 bits per heavy atom. The Labute approximate surface area is 135 Å². The van der Waals surface area contributed by atoms with Crippen molar-refractivity contribution in [2.24, 2.45) is 5.41 Å². The largest absolute Gasteiger partial charge is 0.392 e. The summed E-state index contributed by atoms with van der Waals surface area (Å²) in [5.41, 5.74) is 0.355. The summed E-state index contributed by atoms with van der Waals surface area (Å²) in [5, 5.41) is 11.2. The van der Waals surface area contributed by atoms with Gasteiger partial charge in [-0.1, -0.05) is 0 Å². The molecule has 1 aliphatic carbocycles. The van der Waals surface area contributed by atoms with Gasteiger partial charge in [0.15, 0.2) is 0 Å². The summed E-state index contributed by atoms with van der Waals surface area (Å²) in [4.78, 5) is 19.7.